The number of hydrogen-bond acceptors (Lipinski definition) is 5. The summed E-state index contributed by atoms with van der Waals surface area (Å²) in [5.74, 6) is 0.807. The Labute approximate surface area is 164 Å². The van der Waals surface area contributed by atoms with Gasteiger partial charge in [0.2, 0.25) is 0 Å². The lowest BCUT2D eigenvalue weighted by atomic mass is 10.2. The van der Waals surface area contributed by atoms with Crippen LogP contribution in [0.3, 0.4) is 0 Å². The fraction of sp³-hybridized carbons (Fsp3) is 0.381. The van der Waals surface area contributed by atoms with Gasteiger partial charge in [0.1, 0.15) is 5.75 Å². The Balaban J connectivity index is 1.52. The summed E-state index contributed by atoms with van der Waals surface area (Å²) in [7, 11) is 1.63. The van der Waals surface area contributed by atoms with Crippen molar-refractivity contribution in [2.75, 3.05) is 25.6 Å². The molecule has 1 heterocycles. The number of likely N-dealkylation sites (tertiary alicyclic amines) is 1. The van der Waals surface area contributed by atoms with E-state index in [0.717, 1.165) is 16.9 Å². The number of rotatable bonds is 7. The van der Waals surface area contributed by atoms with E-state index in [1.165, 1.54) is 4.90 Å². The van der Waals surface area contributed by atoms with E-state index in [4.69, 9.17) is 9.47 Å². The molecule has 1 fully saturated rings. The highest BCUT2D eigenvalue weighted by atomic mass is 16.5. The number of aliphatic hydroxyl groups excluding tert-OH is 2. The van der Waals surface area contributed by atoms with Gasteiger partial charge in [-0.3, -0.25) is 0 Å². The summed E-state index contributed by atoms with van der Waals surface area (Å²) >= 11 is 0. The zero-order valence-electron chi connectivity index (χ0n) is 15.9. The fourth-order valence-corrected chi connectivity index (χ4v) is 3.26. The summed E-state index contributed by atoms with van der Waals surface area (Å²) in [5, 5.41) is 21.9. The molecular weight excluding hydrogens is 360 g/mol. The summed E-state index contributed by atoms with van der Waals surface area (Å²) in [6, 6.07) is 14.4. The minimum atomic E-state index is -0.597. The maximum Gasteiger partial charge on any atom is 0.322 e. The van der Waals surface area contributed by atoms with Gasteiger partial charge < -0.3 is 29.9 Å². The van der Waals surface area contributed by atoms with Crippen LogP contribution in [0, 0.1) is 0 Å². The number of nitrogens with zero attached hydrogens (tertiary/aromatic N) is 1. The standard InChI is InChI=1S/C21H26N2O5/c1-27-20-7-5-15(6-8-20)13-28-14-16-3-2-4-17(9-16)22-21(26)23-11-19(25)10-18(23)12-24/h2-9,18-19,24-25H,10-14H2,1H3,(H,22,26). The predicted octanol–water partition coefficient (Wildman–Crippen LogP) is 2.37. The van der Waals surface area contributed by atoms with Gasteiger partial charge >= 0.3 is 6.03 Å². The van der Waals surface area contributed by atoms with Crippen molar-refractivity contribution >= 4 is 11.7 Å². The van der Waals surface area contributed by atoms with Crippen molar-refractivity contribution < 1.29 is 24.5 Å². The number of anilines is 1. The molecule has 3 N–H and O–H groups in total. The Morgan fingerprint density at radius 1 is 1.18 bits per heavy atom. The van der Waals surface area contributed by atoms with Crippen molar-refractivity contribution in [3.05, 3.63) is 59.7 Å². The Hall–Kier alpha value is -2.61. The van der Waals surface area contributed by atoms with Gasteiger partial charge in [-0.25, -0.2) is 4.79 Å². The van der Waals surface area contributed by atoms with Crippen LogP contribution in [0.1, 0.15) is 17.5 Å². The van der Waals surface area contributed by atoms with Crippen molar-refractivity contribution in [2.24, 2.45) is 0 Å². The Morgan fingerprint density at radius 3 is 2.64 bits per heavy atom. The maximum absolute atomic E-state index is 12.4. The van der Waals surface area contributed by atoms with E-state index in [1.54, 1.807) is 13.2 Å². The van der Waals surface area contributed by atoms with Crippen LogP contribution in [-0.2, 0) is 18.0 Å². The second-order valence-electron chi connectivity index (χ2n) is 6.85. The smallest absolute Gasteiger partial charge is 0.322 e. The molecule has 2 aromatic carbocycles. The molecule has 1 saturated heterocycles. The molecule has 2 unspecified atom stereocenters. The number of carbonyl (C=O) groups is 1. The van der Waals surface area contributed by atoms with Gasteiger partial charge in [0, 0.05) is 12.2 Å². The quantitative estimate of drug-likeness (QED) is 0.680. The zero-order chi connectivity index (χ0) is 19.9. The molecule has 3 rings (SSSR count). The van der Waals surface area contributed by atoms with Crippen molar-refractivity contribution in [1.29, 1.82) is 0 Å². The van der Waals surface area contributed by atoms with Gasteiger partial charge in [-0.2, -0.15) is 0 Å². The molecule has 150 valence electrons. The SMILES string of the molecule is COc1ccc(COCc2cccc(NC(=O)N3CC(O)CC3CO)c2)cc1. The maximum atomic E-state index is 12.4. The van der Waals surface area contributed by atoms with Crippen molar-refractivity contribution in [3.63, 3.8) is 0 Å². The highest BCUT2D eigenvalue weighted by Gasteiger charge is 2.33. The summed E-state index contributed by atoms with van der Waals surface area (Å²) < 4.78 is 10.9. The van der Waals surface area contributed by atoms with Gasteiger partial charge in [-0.15, -0.1) is 0 Å². The molecule has 0 bridgehead atoms. The molecule has 0 aromatic heterocycles. The molecule has 28 heavy (non-hydrogen) atoms. The first-order valence-corrected chi connectivity index (χ1v) is 9.25. The molecule has 2 aromatic rings. The topological polar surface area (TPSA) is 91.3 Å². The first kappa shape index (κ1) is 20.1. The van der Waals surface area contributed by atoms with Gasteiger partial charge in [-0.05, 0) is 41.8 Å². The Morgan fingerprint density at radius 2 is 1.93 bits per heavy atom. The summed E-state index contributed by atoms with van der Waals surface area (Å²) in [5.41, 5.74) is 2.63. The minimum Gasteiger partial charge on any atom is -0.497 e. The Bertz CT molecular complexity index is 781. The van der Waals surface area contributed by atoms with E-state index >= 15 is 0 Å². The van der Waals surface area contributed by atoms with E-state index in [2.05, 4.69) is 5.32 Å². The largest absolute Gasteiger partial charge is 0.497 e. The van der Waals surface area contributed by atoms with Crippen molar-refractivity contribution in [3.8, 4) is 5.75 Å². The predicted molar refractivity (Wildman–Crippen MR) is 105 cm³/mol. The fourth-order valence-electron chi connectivity index (χ4n) is 3.26. The van der Waals surface area contributed by atoms with Gasteiger partial charge in [0.05, 0.1) is 39.1 Å². The number of amides is 2. The normalized spacial score (nSPS) is 18.9. The first-order chi connectivity index (χ1) is 13.6. The van der Waals surface area contributed by atoms with E-state index in [9.17, 15) is 15.0 Å². The number of β-amino-alcohol motifs (C(OH)–C–C–N with tert-alkyl or cyclic N) is 1. The third-order valence-electron chi connectivity index (χ3n) is 4.74. The van der Waals surface area contributed by atoms with Crippen LogP contribution in [0.15, 0.2) is 48.5 Å². The number of ether oxygens (including phenoxy) is 2. The van der Waals surface area contributed by atoms with Gasteiger partial charge in [0.15, 0.2) is 0 Å². The number of methoxy groups -OCH3 is 1. The van der Waals surface area contributed by atoms with Crippen LogP contribution in [0.5, 0.6) is 5.75 Å². The Kier molecular flexibility index (Phi) is 6.86. The number of carbonyl (C=O) groups excluding carboxylic acids is 1. The molecule has 0 saturated carbocycles. The highest BCUT2D eigenvalue weighted by Crippen LogP contribution is 2.20. The molecule has 2 amide bonds. The van der Waals surface area contributed by atoms with Crippen LogP contribution >= 0.6 is 0 Å². The first-order valence-electron chi connectivity index (χ1n) is 9.25. The average molecular weight is 386 g/mol. The second kappa shape index (κ2) is 9.54. The third-order valence-corrected chi connectivity index (χ3v) is 4.74. The van der Waals surface area contributed by atoms with E-state index in [1.807, 2.05) is 42.5 Å². The van der Waals surface area contributed by atoms with Crippen LogP contribution in [0.25, 0.3) is 0 Å². The van der Waals surface area contributed by atoms with Gasteiger partial charge in [-0.1, -0.05) is 24.3 Å². The zero-order valence-corrected chi connectivity index (χ0v) is 15.9. The molecular formula is C21H26N2O5. The summed E-state index contributed by atoms with van der Waals surface area (Å²) in [4.78, 5) is 13.9. The number of benzene rings is 2. The van der Waals surface area contributed by atoms with Crippen LogP contribution in [0.2, 0.25) is 0 Å². The number of hydrogen-bond donors (Lipinski definition) is 3. The number of aliphatic hydroxyl groups is 2. The average Bonchev–Trinajstić information content (AvgIpc) is 3.10. The molecule has 0 spiro atoms. The van der Waals surface area contributed by atoms with Crippen molar-refractivity contribution in [1.82, 2.24) is 4.90 Å². The molecule has 0 radical (unpaired) electrons. The molecule has 0 aliphatic carbocycles. The van der Waals surface area contributed by atoms with Crippen molar-refractivity contribution in [2.45, 2.75) is 31.8 Å². The summed E-state index contributed by atoms with van der Waals surface area (Å²) in [6.07, 6.45) is -0.205. The molecule has 1 aliphatic heterocycles. The molecule has 7 nitrogen and oxygen atoms in total. The number of nitrogens with one attached hydrogen (secondary N) is 1. The summed E-state index contributed by atoms with van der Waals surface area (Å²) in [6.45, 7) is 0.952. The molecule has 1 aliphatic rings. The van der Waals surface area contributed by atoms with E-state index in [0.29, 0.717) is 25.3 Å². The molecule has 2 atom stereocenters. The minimum absolute atomic E-state index is 0.163. The third kappa shape index (κ3) is 5.22. The monoisotopic (exact) mass is 386 g/mol. The second-order valence-corrected chi connectivity index (χ2v) is 6.85. The lowest BCUT2D eigenvalue weighted by Gasteiger charge is -2.23. The van der Waals surface area contributed by atoms with E-state index < -0.39 is 6.10 Å². The van der Waals surface area contributed by atoms with Crippen LogP contribution in [-0.4, -0.2) is 53.6 Å². The molecule has 7 heteroatoms. The van der Waals surface area contributed by atoms with Gasteiger partial charge in [0.25, 0.3) is 0 Å². The highest BCUT2D eigenvalue weighted by molar-refractivity contribution is 5.89. The lowest BCUT2D eigenvalue weighted by Crippen LogP contribution is -2.40. The van der Waals surface area contributed by atoms with Crippen LogP contribution in [0.4, 0.5) is 10.5 Å². The lowest BCUT2D eigenvalue weighted by molar-refractivity contribution is 0.107. The number of urea groups is 1. The van der Waals surface area contributed by atoms with Crippen LogP contribution < -0.4 is 10.1 Å². The van der Waals surface area contributed by atoms with E-state index in [-0.39, 0.29) is 25.2 Å².